The number of rotatable bonds is 11. The summed E-state index contributed by atoms with van der Waals surface area (Å²) < 4.78 is 5.26. The number of nitriles is 1. The van der Waals surface area contributed by atoms with E-state index in [-0.39, 0.29) is 11.6 Å². The van der Waals surface area contributed by atoms with Gasteiger partial charge >= 0.3 is 0 Å². The van der Waals surface area contributed by atoms with E-state index in [4.69, 9.17) is 4.74 Å². The summed E-state index contributed by atoms with van der Waals surface area (Å²) in [5.74, 6) is 0.0256. The Balaban J connectivity index is 1.23. The highest BCUT2D eigenvalue weighted by molar-refractivity contribution is 8.00. The Kier molecular flexibility index (Phi) is 11.3. The van der Waals surface area contributed by atoms with Gasteiger partial charge < -0.3 is 20.7 Å². The fourth-order valence-electron chi connectivity index (χ4n) is 5.83. The monoisotopic (exact) mass is 712 g/mol. The molecule has 3 N–H and O–H groups in total. The molecule has 3 amide bonds. The quantitative estimate of drug-likeness (QED) is 0.0932. The number of hydrogen-bond acceptors (Lipinski definition) is 7. The third kappa shape index (κ3) is 8.76. The molecule has 51 heavy (non-hydrogen) atoms. The van der Waals surface area contributed by atoms with Gasteiger partial charge in [0.15, 0.2) is 0 Å². The summed E-state index contributed by atoms with van der Waals surface area (Å²) >= 11 is 2.85. The largest absolute Gasteiger partial charge is 0.497 e. The van der Waals surface area contributed by atoms with E-state index in [9.17, 15) is 19.6 Å². The number of ether oxygens (including phenoxy) is 1. The van der Waals surface area contributed by atoms with Crippen LogP contribution in [0.4, 0.5) is 10.7 Å². The number of thioether (sulfide) groups is 1. The minimum atomic E-state index is -0.641. The van der Waals surface area contributed by atoms with Crippen LogP contribution in [0.25, 0.3) is 6.08 Å². The minimum Gasteiger partial charge on any atom is -0.497 e. The molecule has 0 aliphatic heterocycles. The van der Waals surface area contributed by atoms with E-state index >= 15 is 0 Å². The van der Waals surface area contributed by atoms with E-state index in [1.807, 2.05) is 42.5 Å². The third-order valence-electron chi connectivity index (χ3n) is 8.50. The van der Waals surface area contributed by atoms with Gasteiger partial charge in [-0.3, -0.25) is 14.4 Å². The van der Waals surface area contributed by atoms with Crippen molar-refractivity contribution in [2.75, 3.05) is 17.7 Å². The first-order valence-electron chi connectivity index (χ1n) is 16.5. The zero-order valence-electron chi connectivity index (χ0n) is 28.1. The van der Waals surface area contributed by atoms with E-state index in [1.165, 1.54) is 28.0 Å². The Morgan fingerprint density at radius 3 is 2.37 bits per heavy atom. The van der Waals surface area contributed by atoms with E-state index in [1.54, 1.807) is 79.9 Å². The first kappa shape index (κ1) is 35.2. The van der Waals surface area contributed by atoms with Crippen molar-refractivity contribution in [1.82, 2.24) is 5.32 Å². The maximum absolute atomic E-state index is 14.0. The molecular weight excluding hydrogens is 677 g/mol. The van der Waals surface area contributed by atoms with Gasteiger partial charge in [0.1, 0.15) is 27.8 Å². The Hall–Kier alpha value is -5.63. The normalized spacial score (nSPS) is 14.4. The summed E-state index contributed by atoms with van der Waals surface area (Å²) in [6.45, 7) is 2.21. The first-order chi connectivity index (χ1) is 24.8. The first-order valence-corrected chi connectivity index (χ1v) is 18.2. The molecule has 256 valence electrons. The van der Waals surface area contributed by atoms with Crippen molar-refractivity contribution in [1.29, 1.82) is 5.26 Å². The molecule has 0 saturated heterocycles. The average Bonchev–Trinajstić information content (AvgIpc) is 3.50. The molecular formula is C41H36N4O4S2. The van der Waals surface area contributed by atoms with Gasteiger partial charge in [-0.25, -0.2) is 0 Å². The zero-order valence-corrected chi connectivity index (χ0v) is 29.8. The van der Waals surface area contributed by atoms with Crippen LogP contribution in [0.1, 0.15) is 56.1 Å². The van der Waals surface area contributed by atoms with Gasteiger partial charge in [-0.2, -0.15) is 5.26 Å². The molecule has 4 aromatic carbocycles. The predicted octanol–water partition coefficient (Wildman–Crippen LogP) is 8.63. The fraction of sp³-hybridized carbons (Fsp3) is 0.171. The maximum Gasteiger partial charge on any atom is 0.272 e. The Labute approximate surface area is 305 Å². The number of benzene rings is 4. The molecule has 6 rings (SSSR count). The smallest absolute Gasteiger partial charge is 0.272 e. The third-order valence-corrected chi connectivity index (χ3v) is 10.9. The van der Waals surface area contributed by atoms with Gasteiger partial charge in [-0.05, 0) is 90.4 Å². The summed E-state index contributed by atoms with van der Waals surface area (Å²) in [7, 11) is 1.57. The van der Waals surface area contributed by atoms with Crippen molar-refractivity contribution in [3.8, 4) is 11.8 Å². The van der Waals surface area contributed by atoms with Crippen molar-refractivity contribution in [2.45, 2.75) is 36.3 Å². The standard InChI is InChI=1S/C41H36N4O4S2/c1-26-16-21-33-34(25-42)41(51-36(33)22-26)45-40(48)37(28-10-5-3-6-11-28)50-32-15-9-14-30(24-32)43-39(47)35(23-27-17-19-31(49-2)20-18-27)44-38(46)29-12-7-4-8-13-29/h3-15,17-20,23-24,26,37H,16,21-22H2,1-2H3,(H,43,47)(H,44,46)(H,45,48)/b35-23+. The Morgan fingerprint density at radius 1 is 0.941 bits per heavy atom. The topological polar surface area (TPSA) is 120 Å². The summed E-state index contributed by atoms with van der Waals surface area (Å²) in [5.41, 5.74) is 4.06. The number of nitrogens with zero attached hydrogens (tertiary/aromatic N) is 1. The summed E-state index contributed by atoms with van der Waals surface area (Å²) in [4.78, 5) is 42.7. The minimum absolute atomic E-state index is 0.0509. The van der Waals surface area contributed by atoms with Gasteiger partial charge in [0.05, 0.1) is 12.7 Å². The highest BCUT2D eigenvalue weighted by Crippen LogP contribution is 2.42. The van der Waals surface area contributed by atoms with Crippen LogP contribution in [0.2, 0.25) is 0 Å². The van der Waals surface area contributed by atoms with Gasteiger partial charge in [0.2, 0.25) is 5.91 Å². The van der Waals surface area contributed by atoms with Crippen LogP contribution in [0.5, 0.6) is 5.75 Å². The molecule has 0 bridgehead atoms. The second-order valence-corrected chi connectivity index (χ2v) is 14.5. The Bertz CT molecular complexity index is 2110. The number of hydrogen-bond donors (Lipinski definition) is 3. The molecule has 0 saturated carbocycles. The summed E-state index contributed by atoms with van der Waals surface area (Å²) in [6.07, 6.45) is 4.38. The van der Waals surface area contributed by atoms with E-state index in [0.717, 1.165) is 35.3 Å². The molecule has 0 spiro atoms. The molecule has 2 unspecified atom stereocenters. The lowest BCUT2D eigenvalue weighted by atomic mass is 9.88. The number of fused-ring (bicyclic) bond motifs is 1. The highest BCUT2D eigenvalue weighted by atomic mass is 32.2. The van der Waals surface area contributed by atoms with Gasteiger partial charge in [-0.15, -0.1) is 23.1 Å². The van der Waals surface area contributed by atoms with Gasteiger partial charge in [0.25, 0.3) is 11.8 Å². The van der Waals surface area contributed by atoms with Crippen molar-refractivity contribution >= 4 is 57.6 Å². The number of carbonyl (C=O) groups is 3. The molecule has 0 fully saturated rings. The molecule has 5 aromatic rings. The molecule has 1 heterocycles. The van der Waals surface area contributed by atoms with Crippen molar-refractivity contribution in [3.05, 3.63) is 148 Å². The van der Waals surface area contributed by atoms with Gasteiger partial charge in [0, 0.05) is 21.0 Å². The number of methoxy groups -OCH3 is 1. The van der Waals surface area contributed by atoms with Crippen molar-refractivity contribution in [3.63, 3.8) is 0 Å². The van der Waals surface area contributed by atoms with Crippen LogP contribution in [-0.4, -0.2) is 24.8 Å². The average molecular weight is 713 g/mol. The summed E-state index contributed by atoms with van der Waals surface area (Å²) in [6, 6.07) is 34.8. The second kappa shape index (κ2) is 16.4. The molecule has 10 heteroatoms. The van der Waals surface area contributed by atoms with Crippen LogP contribution >= 0.6 is 23.1 Å². The van der Waals surface area contributed by atoms with E-state index in [0.29, 0.717) is 39.0 Å². The highest BCUT2D eigenvalue weighted by Gasteiger charge is 2.28. The number of thiophene rings is 1. The molecule has 2 atom stereocenters. The van der Waals surface area contributed by atoms with E-state index < -0.39 is 17.1 Å². The summed E-state index contributed by atoms with van der Waals surface area (Å²) in [5, 5.41) is 18.7. The number of amides is 3. The molecule has 0 radical (unpaired) electrons. The van der Waals surface area contributed by atoms with Crippen molar-refractivity contribution in [2.24, 2.45) is 5.92 Å². The van der Waals surface area contributed by atoms with Crippen LogP contribution in [0.3, 0.4) is 0 Å². The molecule has 1 aliphatic rings. The maximum atomic E-state index is 14.0. The lowest BCUT2D eigenvalue weighted by molar-refractivity contribution is -0.116. The molecule has 8 nitrogen and oxygen atoms in total. The second-order valence-electron chi connectivity index (χ2n) is 12.2. The lowest BCUT2D eigenvalue weighted by Crippen LogP contribution is -2.30. The predicted molar refractivity (Wildman–Crippen MR) is 204 cm³/mol. The number of anilines is 2. The van der Waals surface area contributed by atoms with Gasteiger partial charge in [-0.1, -0.05) is 73.7 Å². The van der Waals surface area contributed by atoms with Crippen LogP contribution < -0.4 is 20.7 Å². The van der Waals surface area contributed by atoms with Crippen molar-refractivity contribution < 1.29 is 19.1 Å². The fourth-order valence-corrected chi connectivity index (χ4v) is 8.27. The number of carbonyl (C=O) groups excluding carboxylic acids is 3. The zero-order chi connectivity index (χ0) is 35.7. The van der Waals surface area contributed by atoms with Crippen LogP contribution in [0, 0.1) is 17.2 Å². The van der Waals surface area contributed by atoms with E-state index in [2.05, 4.69) is 28.9 Å². The number of nitrogens with one attached hydrogen (secondary N) is 3. The molecule has 1 aromatic heterocycles. The van der Waals surface area contributed by atoms with Crippen LogP contribution in [-0.2, 0) is 22.4 Å². The molecule has 1 aliphatic carbocycles. The lowest BCUT2D eigenvalue weighted by Gasteiger charge is -2.18. The Morgan fingerprint density at radius 2 is 1.67 bits per heavy atom. The van der Waals surface area contributed by atoms with Crippen LogP contribution in [0.15, 0.2) is 120 Å². The SMILES string of the molecule is COc1ccc(/C=C(/NC(=O)c2ccccc2)C(=O)Nc2cccc(SC(C(=O)Nc3sc4c(c3C#N)CCC(C)C4)c3ccccc3)c2)cc1.